The van der Waals surface area contributed by atoms with E-state index in [-0.39, 0.29) is 5.69 Å². The van der Waals surface area contributed by atoms with Crippen LogP contribution in [0.4, 0.5) is 0 Å². The van der Waals surface area contributed by atoms with Crippen LogP contribution in [0.3, 0.4) is 0 Å². The molecule has 0 aliphatic heterocycles. The van der Waals surface area contributed by atoms with E-state index in [0.717, 1.165) is 11.1 Å². The second-order valence-electron chi connectivity index (χ2n) is 5.29. The van der Waals surface area contributed by atoms with Gasteiger partial charge in [0.25, 0.3) is 11.8 Å². The molecule has 126 valence electrons. The Morgan fingerprint density at radius 1 is 1.17 bits per heavy atom. The number of aryl methyl sites for hydroxylation is 2. The van der Waals surface area contributed by atoms with Crippen molar-refractivity contribution in [3.63, 3.8) is 0 Å². The number of rotatable bonds is 4. The molecule has 0 aliphatic rings. The second-order valence-corrected chi connectivity index (χ2v) is 5.72. The number of hydrazine groups is 1. The van der Waals surface area contributed by atoms with E-state index in [1.54, 1.807) is 37.3 Å². The van der Waals surface area contributed by atoms with Gasteiger partial charge in [-0.3, -0.25) is 25.4 Å². The summed E-state index contributed by atoms with van der Waals surface area (Å²) in [5.41, 5.74) is 6.49. The lowest BCUT2D eigenvalue weighted by Gasteiger charge is -2.18. The number of hydrogen-bond acceptors (Lipinski definition) is 4. The van der Waals surface area contributed by atoms with Crippen molar-refractivity contribution in [1.82, 2.24) is 15.8 Å². The molecular weight excluding hydrogens is 330 g/mol. The highest BCUT2D eigenvalue weighted by Crippen LogP contribution is 2.27. The minimum Gasteiger partial charge on any atom is -0.480 e. The average molecular weight is 348 g/mol. The Bertz CT molecular complexity index is 727. The van der Waals surface area contributed by atoms with Gasteiger partial charge in [-0.2, -0.15) is 0 Å². The highest BCUT2D eigenvalue weighted by Gasteiger charge is 2.18. The quantitative estimate of drug-likeness (QED) is 0.833. The van der Waals surface area contributed by atoms with Crippen molar-refractivity contribution in [2.75, 3.05) is 0 Å². The van der Waals surface area contributed by atoms with Crippen LogP contribution in [0.2, 0.25) is 5.02 Å². The van der Waals surface area contributed by atoms with Gasteiger partial charge in [-0.1, -0.05) is 17.7 Å². The Labute approximate surface area is 145 Å². The van der Waals surface area contributed by atoms with Gasteiger partial charge < -0.3 is 4.74 Å². The van der Waals surface area contributed by atoms with Crippen LogP contribution in [0, 0.1) is 13.8 Å². The van der Waals surface area contributed by atoms with Gasteiger partial charge >= 0.3 is 0 Å². The summed E-state index contributed by atoms with van der Waals surface area (Å²) in [4.78, 5) is 27.8. The lowest BCUT2D eigenvalue weighted by atomic mass is 10.1. The first-order chi connectivity index (χ1) is 11.4. The fourth-order valence-electron chi connectivity index (χ4n) is 2.09. The third-order valence-electron chi connectivity index (χ3n) is 3.29. The average Bonchev–Trinajstić information content (AvgIpc) is 2.56. The maximum Gasteiger partial charge on any atom is 0.288 e. The molecule has 0 fully saturated rings. The first-order valence-corrected chi connectivity index (χ1v) is 7.71. The van der Waals surface area contributed by atoms with E-state index in [4.69, 9.17) is 16.3 Å². The van der Waals surface area contributed by atoms with Crippen molar-refractivity contribution in [2.45, 2.75) is 26.9 Å². The predicted molar refractivity (Wildman–Crippen MR) is 90.9 cm³/mol. The number of amides is 2. The minimum atomic E-state index is -0.799. The number of ether oxygens (including phenoxy) is 1. The fourth-order valence-corrected chi connectivity index (χ4v) is 2.42. The normalized spacial score (nSPS) is 11.5. The Balaban J connectivity index is 1.94. The van der Waals surface area contributed by atoms with Gasteiger partial charge in [0.1, 0.15) is 11.4 Å². The largest absolute Gasteiger partial charge is 0.480 e. The molecule has 0 saturated carbocycles. The maximum atomic E-state index is 12.1. The van der Waals surface area contributed by atoms with Gasteiger partial charge in [0.2, 0.25) is 0 Å². The van der Waals surface area contributed by atoms with Gasteiger partial charge in [0, 0.05) is 11.2 Å². The lowest BCUT2D eigenvalue weighted by Crippen LogP contribution is -2.47. The molecule has 0 aliphatic carbocycles. The number of aromatic nitrogens is 1. The molecule has 1 unspecified atom stereocenters. The summed E-state index contributed by atoms with van der Waals surface area (Å²) in [6.07, 6.45) is 0.696. The number of nitrogens with zero attached hydrogens (tertiary/aromatic N) is 1. The monoisotopic (exact) mass is 347 g/mol. The summed E-state index contributed by atoms with van der Waals surface area (Å²) < 4.78 is 5.69. The zero-order valence-corrected chi connectivity index (χ0v) is 14.3. The van der Waals surface area contributed by atoms with Gasteiger partial charge in [0.05, 0.1) is 0 Å². The van der Waals surface area contributed by atoms with Gasteiger partial charge in [-0.25, -0.2) is 0 Å². The SMILES string of the molecule is Cc1cc(Cl)cc(C)c1OC(C)C(=O)NNC(=O)c1ccccn1. The molecule has 2 aromatic rings. The Hall–Kier alpha value is -2.60. The van der Waals surface area contributed by atoms with Crippen molar-refractivity contribution < 1.29 is 14.3 Å². The Morgan fingerprint density at radius 3 is 2.42 bits per heavy atom. The molecule has 0 saturated heterocycles. The van der Waals surface area contributed by atoms with Crippen LogP contribution in [0.5, 0.6) is 5.75 Å². The minimum absolute atomic E-state index is 0.204. The first kappa shape index (κ1) is 17.7. The third-order valence-corrected chi connectivity index (χ3v) is 3.50. The third kappa shape index (κ3) is 4.45. The number of hydrogen-bond donors (Lipinski definition) is 2. The number of benzene rings is 1. The van der Waals surface area contributed by atoms with Crippen molar-refractivity contribution >= 4 is 23.4 Å². The number of nitrogens with one attached hydrogen (secondary N) is 2. The molecule has 2 rings (SSSR count). The maximum absolute atomic E-state index is 12.1. The molecule has 1 heterocycles. The van der Waals surface area contributed by atoms with Crippen LogP contribution >= 0.6 is 11.6 Å². The highest BCUT2D eigenvalue weighted by atomic mass is 35.5. The Morgan fingerprint density at radius 2 is 1.83 bits per heavy atom. The van der Waals surface area contributed by atoms with E-state index in [0.29, 0.717) is 10.8 Å². The summed E-state index contributed by atoms with van der Waals surface area (Å²) in [7, 11) is 0. The number of pyridine rings is 1. The van der Waals surface area contributed by atoms with Crippen molar-refractivity contribution in [3.8, 4) is 5.75 Å². The molecule has 0 spiro atoms. The molecule has 0 bridgehead atoms. The van der Waals surface area contributed by atoms with Gasteiger partial charge in [0.15, 0.2) is 6.10 Å². The predicted octanol–water partition coefficient (Wildman–Crippen LogP) is 2.58. The van der Waals surface area contributed by atoms with E-state index in [9.17, 15) is 9.59 Å². The zero-order chi connectivity index (χ0) is 17.7. The molecule has 7 heteroatoms. The summed E-state index contributed by atoms with van der Waals surface area (Å²) in [6.45, 7) is 5.29. The standard InChI is InChI=1S/C17H18ClN3O3/c1-10-8-13(18)9-11(2)15(10)24-12(3)16(22)20-21-17(23)14-6-4-5-7-19-14/h4-9,12H,1-3H3,(H,20,22)(H,21,23). The highest BCUT2D eigenvalue weighted by molar-refractivity contribution is 6.30. The van der Waals surface area contributed by atoms with Crippen LogP contribution in [0.15, 0.2) is 36.5 Å². The number of halogens is 1. The van der Waals surface area contributed by atoms with Crippen LogP contribution in [0.1, 0.15) is 28.5 Å². The van der Waals surface area contributed by atoms with Crippen molar-refractivity contribution in [3.05, 3.63) is 58.4 Å². The Kier molecular flexibility index (Phi) is 5.76. The fraction of sp³-hybridized carbons (Fsp3) is 0.235. The summed E-state index contributed by atoms with van der Waals surface area (Å²) in [5, 5.41) is 0.608. The van der Waals surface area contributed by atoms with Crippen molar-refractivity contribution in [1.29, 1.82) is 0 Å². The molecular formula is C17H18ClN3O3. The van der Waals surface area contributed by atoms with E-state index in [1.807, 2.05) is 13.8 Å². The van der Waals surface area contributed by atoms with E-state index in [2.05, 4.69) is 15.8 Å². The molecule has 2 N–H and O–H groups in total. The topological polar surface area (TPSA) is 80.3 Å². The molecule has 2 amide bonds. The number of carbonyl (C=O) groups excluding carboxylic acids is 2. The van der Waals surface area contributed by atoms with E-state index in [1.165, 1.54) is 6.20 Å². The first-order valence-electron chi connectivity index (χ1n) is 7.33. The molecule has 1 aromatic carbocycles. The number of carbonyl (C=O) groups is 2. The molecule has 24 heavy (non-hydrogen) atoms. The van der Waals surface area contributed by atoms with Crippen molar-refractivity contribution in [2.24, 2.45) is 0 Å². The molecule has 6 nitrogen and oxygen atoms in total. The van der Waals surface area contributed by atoms with Crippen LogP contribution < -0.4 is 15.6 Å². The molecule has 1 atom stereocenters. The van der Waals surface area contributed by atoms with Crippen LogP contribution in [0.25, 0.3) is 0 Å². The summed E-state index contributed by atoms with van der Waals surface area (Å²) in [6, 6.07) is 8.44. The van der Waals surface area contributed by atoms with E-state index >= 15 is 0 Å². The van der Waals surface area contributed by atoms with Gasteiger partial charge in [-0.05, 0) is 56.2 Å². The summed E-state index contributed by atoms with van der Waals surface area (Å²) in [5.74, 6) is -0.388. The van der Waals surface area contributed by atoms with Gasteiger partial charge in [-0.15, -0.1) is 0 Å². The lowest BCUT2D eigenvalue weighted by molar-refractivity contribution is -0.128. The zero-order valence-electron chi connectivity index (χ0n) is 13.6. The summed E-state index contributed by atoms with van der Waals surface area (Å²) >= 11 is 5.98. The second kappa shape index (κ2) is 7.79. The van der Waals surface area contributed by atoms with E-state index < -0.39 is 17.9 Å². The van der Waals surface area contributed by atoms with Crippen LogP contribution in [-0.2, 0) is 4.79 Å². The molecule has 1 aromatic heterocycles. The van der Waals surface area contributed by atoms with Crippen LogP contribution in [-0.4, -0.2) is 22.9 Å². The molecule has 0 radical (unpaired) electrons. The smallest absolute Gasteiger partial charge is 0.288 e.